The second-order valence-corrected chi connectivity index (χ2v) is 9.16. The summed E-state index contributed by atoms with van der Waals surface area (Å²) in [5.41, 5.74) is 5.82. The number of rotatable bonds is 5. The maximum absolute atomic E-state index is 13.6. The number of fused-ring (bicyclic) bond motifs is 2. The van der Waals surface area contributed by atoms with Crippen LogP contribution in [-0.4, -0.2) is 22.8 Å². The summed E-state index contributed by atoms with van der Waals surface area (Å²) in [4.78, 5) is 27.9. The van der Waals surface area contributed by atoms with Gasteiger partial charge in [0.25, 0.3) is 11.8 Å². The molecule has 2 atom stereocenters. The van der Waals surface area contributed by atoms with E-state index < -0.39 is 0 Å². The van der Waals surface area contributed by atoms with Crippen molar-refractivity contribution < 1.29 is 9.59 Å². The molecule has 0 bridgehead atoms. The maximum Gasteiger partial charge on any atom is 0.256 e. The Morgan fingerprint density at radius 2 is 1.64 bits per heavy atom. The topological polar surface area (TPSA) is 61.4 Å². The van der Waals surface area contributed by atoms with Crippen LogP contribution in [-0.2, 0) is 6.42 Å². The van der Waals surface area contributed by atoms with E-state index in [9.17, 15) is 9.59 Å². The van der Waals surface area contributed by atoms with E-state index in [-0.39, 0.29) is 30.1 Å². The van der Waals surface area contributed by atoms with Gasteiger partial charge in [-0.2, -0.15) is 0 Å². The van der Waals surface area contributed by atoms with Gasteiger partial charge in [-0.3, -0.25) is 9.59 Å². The monoisotopic (exact) mass is 439 g/mol. The Hall–Kier alpha value is -3.60. The van der Waals surface area contributed by atoms with Crippen LogP contribution in [0, 0.1) is 0 Å². The molecule has 3 aromatic rings. The van der Waals surface area contributed by atoms with E-state index >= 15 is 0 Å². The number of anilines is 1. The summed E-state index contributed by atoms with van der Waals surface area (Å²) in [7, 11) is 0. The van der Waals surface area contributed by atoms with E-state index in [4.69, 9.17) is 0 Å². The van der Waals surface area contributed by atoms with Crippen molar-refractivity contribution >= 4 is 17.5 Å². The summed E-state index contributed by atoms with van der Waals surface area (Å²) in [6.45, 7) is 3.89. The minimum atomic E-state index is -0.264. The largest absolute Gasteiger partial charge is 0.361 e. The molecule has 2 amide bonds. The predicted octanol–water partition coefficient (Wildman–Crippen LogP) is 5.47. The quantitative estimate of drug-likeness (QED) is 0.554. The molecule has 33 heavy (non-hydrogen) atoms. The second-order valence-electron chi connectivity index (χ2n) is 9.16. The van der Waals surface area contributed by atoms with Crippen LogP contribution >= 0.6 is 0 Å². The molecule has 0 saturated carbocycles. The second kappa shape index (κ2) is 8.74. The summed E-state index contributed by atoms with van der Waals surface area (Å²) < 4.78 is 0. The van der Waals surface area contributed by atoms with Gasteiger partial charge in [0.05, 0.1) is 6.04 Å². The van der Waals surface area contributed by atoms with Gasteiger partial charge in [-0.15, -0.1) is 0 Å². The lowest BCUT2D eigenvalue weighted by Crippen LogP contribution is -2.37. The van der Waals surface area contributed by atoms with Crippen molar-refractivity contribution in [3.05, 3.63) is 101 Å². The molecule has 1 heterocycles. The van der Waals surface area contributed by atoms with E-state index in [1.165, 1.54) is 11.1 Å². The zero-order chi connectivity index (χ0) is 22.9. The molecule has 1 aliphatic heterocycles. The molecule has 2 aliphatic rings. The third kappa shape index (κ3) is 3.99. The van der Waals surface area contributed by atoms with E-state index in [0.29, 0.717) is 5.56 Å². The van der Waals surface area contributed by atoms with Crippen molar-refractivity contribution in [2.24, 2.45) is 0 Å². The number of hydrogen-bond donors (Lipinski definition) is 2. The zero-order valence-electron chi connectivity index (χ0n) is 19.0. The smallest absolute Gasteiger partial charge is 0.256 e. The van der Waals surface area contributed by atoms with Gasteiger partial charge in [0, 0.05) is 28.4 Å². The standard InChI is InChI=1S/C28H29N3O2/c1-18(2)29-27(32)20-14-16-21(17-15-20)30-26-23-11-5-6-12-24(23)28(33)31(26)25-13-7-9-19-8-3-4-10-22(19)25/h3-6,8,10-12,14-18,25-26,30H,7,9,13H2,1-2H3,(H,29,32). The van der Waals surface area contributed by atoms with Crippen molar-refractivity contribution in [3.63, 3.8) is 0 Å². The number of carbonyl (C=O) groups is 2. The molecule has 0 spiro atoms. The molecular formula is C28H29N3O2. The number of hydrogen-bond acceptors (Lipinski definition) is 3. The highest BCUT2D eigenvalue weighted by Crippen LogP contribution is 2.44. The Morgan fingerprint density at radius 1 is 0.939 bits per heavy atom. The minimum absolute atomic E-state index is 0.0310. The normalized spacial score (nSPS) is 19.2. The fourth-order valence-electron chi connectivity index (χ4n) is 5.04. The lowest BCUT2D eigenvalue weighted by Gasteiger charge is -2.37. The van der Waals surface area contributed by atoms with Crippen LogP contribution in [0.4, 0.5) is 5.69 Å². The van der Waals surface area contributed by atoms with Crippen molar-refractivity contribution in [1.29, 1.82) is 0 Å². The van der Waals surface area contributed by atoms with E-state index in [2.05, 4.69) is 34.9 Å². The van der Waals surface area contributed by atoms with Crippen LogP contribution in [0.15, 0.2) is 72.8 Å². The van der Waals surface area contributed by atoms with Crippen LogP contribution < -0.4 is 10.6 Å². The molecule has 0 fully saturated rings. The molecule has 168 valence electrons. The van der Waals surface area contributed by atoms with Gasteiger partial charge in [0.1, 0.15) is 6.17 Å². The number of nitrogens with zero attached hydrogens (tertiary/aromatic N) is 1. The first kappa shape index (κ1) is 21.3. The molecular weight excluding hydrogens is 410 g/mol. The summed E-state index contributed by atoms with van der Waals surface area (Å²) in [5.74, 6) is -0.0175. The first-order valence-corrected chi connectivity index (χ1v) is 11.7. The predicted molar refractivity (Wildman–Crippen MR) is 130 cm³/mol. The number of carbonyl (C=O) groups excluding carboxylic acids is 2. The van der Waals surface area contributed by atoms with E-state index in [1.807, 2.05) is 67.3 Å². The lowest BCUT2D eigenvalue weighted by molar-refractivity contribution is 0.0627. The van der Waals surface area contributed by atoms with Gasteiger partial charge >= 0.3 is 0 Å². The minimum Gasteiger partial charge on any atom is -0.361 e. The Balaban J connectivity index is 1.47. The van der Waals surface area contributed by atoms with Gasteiger partial charge < -0.3 is 15.5 Å². The number of nitrogens with one attached hydrogen (secondary N) is 2. The molecule has 3 aromatic carbocycles. The molecule has 1 aliphatic carbocycles. The van der Waals surface area contributed by atoms with E-state index in [0.717, 1.165) is 36.1 Å². The third-order valence-corrected chi connectivity index (χ3v) is 6.54. The Labute approximate surface area is 194 Å². The van der Waals surface area contributed by atoms with Crippen LogP contribution in [0.3, 0.4) is 0 Å². The molecule has 0 radical (unpaired) electrons. The fourth-order valence-corrected chi connectivity index (χ4v) is 5.04. The first-order chi connectivity index (χ1) is 16.0. The van der Waals surface area contributed by atoms with Gasteiger partial charge in [0.2, 0.25) is 0 Å². The van der Waals surface area contributed by atoms with Crippen molar-refractivity contribution in [1.82, 2.24) is 10.2 Å². The molecule has 0 saturated heterocycles. The van der Waals surface area contributed by atoms with Crippen molar-refractivity contribution in [3.8, 4) is 0 Å². The highest BCUT2D eigenvalue weighted by molar-refractivity contribution is 6.00. The lowest BCUT2D eigenvalue weighted by atomic mass is 9.86. The van der Waals surface area contributed by atoms with Crippen molar-refractivity contribution in [2.75, 3.05) is 5.32 Å². The van der Waals surface area contributed by atoms with Gasteiger partial charge in [0.15, 0.2) is 0 Å². The van der Waals surface area contributed by atoms with Gasteiger partial charge in [-0.25, -0.2) is 0 Å². The fraction of sp³-hybridized carbons (Fsp3) is 0.286. The van der Waals surface area contributed by atoms with Gasteiger partial charge in [-0.1, -0.05) is 42.5 Å². The molecule has 2 N–H and O–H groups in total. The summed E-state index contributed by atoms with van der Waals surface area (Å²) >= 11 is 0. The van der Waals surface area contributed by atoms with Crippen LogP contribution in [0.1, 0.15) is 76.3 Å². The first-order valence-electron chi connectivity index (χ1n) is 11.7. The zero-order valence-corrected chi connectivity index (χ0v) is 19.0. The highest BCUT2D eigenvalue weighted by atomic mass is 16.2. The molecule has 5 rings (SSSR count). The van der Waals surface area contributed by atoms with Crippen molar-refractivity contribution in [2.45, 2.75) is 51.4 Å². The number of amides is 2. The summed E-state index contributed by atoms with van der Waals surface area (Å²) in [6.07, 6.45) is 2.80. The maximum atomic E-state index is 13.6. The van der Waals surface area contributed by atoms with Crippen LogP contribution in [0.2, 0.25) is 0 Å². The molecule has 2 unspecified atom stereocenters. The summed E-state index contributed by atoms with van der Waals surface area (Å²) in [5, 5.41) is 6.50. The van der Waals surface area contributed by atoms with Crippen LogP contribution in [0.5, 0.6) is 0 Å². The molecule has 0 aromatic heterocycles. The molecule has 5 heteroatoms. The Morgan fingerprint density at radius 3 is 2.39 bits per heavy atom. The van der Waals surface area contributed by atoms with E-state index in [1.54, 1.807) is 0 Å². The SMILES string of the molecule is CC(C)NC(=O)c1ccc(NC2c3ccccc3C(=O)N2C2CCCc3ccccc32)cc1. The summed E-state index contributed by atoms with van der Waals surface area (Å²) in [6, 6.07) is 23.9. The third-order valence-electron chi connectivity index (χ3n) is 6.54. The average Bonchev–Trinajstić information content (AvgIpc) is 3.10. The Bertz CT molecular complexity index is 1190. The number of benzene rings is 3. The van der Waals surface area contributed by atoms with Crippen LogP contribution in [0.25, 0.3) is 0 Å². The highest BCUT2D eigenvalue weighted by Gasteiger charge is 2.42. The average molecular weight is 440 g/mol. The van der Waals surface area contributed by atoms with Gasteiger partial charge in [-0.05, 0) is 74.6 Å². The number of aryl methyl sites for hydroxylation is 1. The molecule has 5 nitrogen and oxygen atoms in total. The Kier molecular flexibility index (Phi) is 5.63.